The van der Waals surface area contributed by atoms with Crippen LogP contribution in [0.3, 0.4) is 0 Å². The molecule has 0 rings (SSSR count). The quantitative estimate of drug-likeness (QED) is 0.201. The fourth-order valence-electron chi connectivity index (χ4n) is 2.57. The molecule has 132 valence electrons. The van der Waals surface area contributed by atoms with E-state index in [1.807, 2.05) is 0 Å². The molecule has 4 heteroatoms. The molecule has 0 aromatic rings. The summed E-state index contributed by atoms with van der Waals surface area (Å²) < 4.78 is 10.7. The molecule has 0 heterocycles. The predicted molar refractivity (Wildman–Crippen MR) is 96.4 cm³/mol. The maximum absolute atomic E-state index is 10.7. The molecule has 0 spiro atoms. The summed E-state index contributed by atoms with van der Waals surface area (Å²) in [6.07, 6.45) is 21.7. The van der Waals surface area contributed by atoms with Gasteiger partial charge in [-0.1, -0.05) is 76.9 Å². The number of hydrogen-bond acceptors (Lipinski definition) is 1. The molecule has 0 aliphatic rings. The molecule has 0 atom stereocenters. The minimum atomic E-state index is -3.76. The smallest absolute Gasteiger partial charge is 0.324 e. The van der Waals surface area contributed by atoms with Crippen molar-refractivity contribution in [1.82, 2.24) is 0 Å². The Morgan fingerprint density at radius 2 is 1.09 bits per heavy atom. The minimum Gasteiger partial charge on any atom is -0.324 e. The van der Waals surface area contributed by atoms with Gasteiger partial charge in [0.25, 0.3) is 0 Å². The molecule has 0 unspecified atom stereocenters. The second-order valence-corrected chi connectivity index (χ2v) is 8.10. The van der Waals surface area contributed by atoms with E-state index >= 15 is 0 Å². The summed E-state index contributed by atoms with van der Waals surface area (Å²) in [4.78, 5) is 17.5. The van der Waals surface area contributed by atoms with Gasteiger partial charge in [-0.25, -0.2) is 0 Å². The third-order valence-corrected chi connectivity index (χ3v) is 4.86. The van der Waals surface area contributed by atoms with Crippen molar-refractivity contribution in [2.45, 2.75) is 96.8 Å². The van der Waals surface area contributed by atoms with Gasteiger partial charge in [-0.15, -0.1) is 0 Å². The Morgan fingerprint density at radius 3 is 1.55 bits per heavy atom. The average Bonchev–Trinajstić information content (AvgIpc) is 2.45. The molecule has 0 aliphatic heterocycles. The number of rotatable bonds is 16. The van der Waals surface area contributed by atoms with Crippen molar-refractivity contribution in [2.24, 2.45) is 0 Å². The van der Waals surface area contributed by atoms with E-state index in [9.17, 15) is 4.57 Å². The molecule has 0 saturated heterocycles. The SMILES string of the molecule is CCCCCCCCC=CCCCCCCCCP(=O)(O)O. The molecular weight excluding hydrogens is 295 g/mol. The van der Waals surface area contributed by atoms with E-state index in [0.717, 1.165) is 12.8 Å². The lowest BCUT2D eigenvalue weighted by Gasteiger charge is -2.03. The monoisotopic (exact) mass is 332 g/mol. The zero-order chi connectivity index (χ0) is 16.5. The third-order valence-electron chi connectivity index (χ3n) is 3.96. The van der Waals surface area contributed by atoms with Crippen LogP contribution in [0, 0.1) is 0 Å². The highest BCUT2D eigenvalue weighted by Crippen LogP contribution is 2.35. The topological polar surface area (TPSA) is 57.5 Å². The highest BCUT2D eigenvalue weighted by Gasteiger charge is 2.10. The van der Waals surface area contributed by atoms with Crippen molar-refractivity contribution in [3.63, 3.8) is 0 Å². The number of allylic oxidation sites excluding steroid dienone is 2. The highest BCUT2D eigenvalue weighted by atomic mass is 31.2. The highest BCUT2D eigenvalue weighted by molar-refractivity contribution is 7.51. The van der Waals surface area contributed by atoms with E-state index < -0.39 is 7.60 Å². The van der Waals surface area contributed by atoms with Crippen molar-refractivity contribution < 1.29 is 14.4 Å². The Balaban J connectivity index is 3.13. The van der Waals surface area contributed by atoms with Gasteiger partial charge in [0.15, 0.2) is 0 Å². The van der Waals surface area contributed by atoms with Crippen molar-refractivity contribution in [2.75, 3.05) is 6.16 Å². The molecule has 0 fully saturated rings. The zero-order valence-corrected chi connectivity index (χ0v) is 15.4. The summed E-state index contributed by atoms with van der Waals surface area (Å²) >= 11 is 0. The fraction of sp³-hybridized carbons (Fsp3) is 0.889. The minimum absolute atomic E-state index is 0.0498. The maximum Gasteiger partial charge on any atom is 0.325 e. The third kappa shape index (κ3) is 19.9. The summed E-state index contributed by atoms with van der Waals surface area (Å²) in [5.74, 6) is 0. The van der Waals surface area contributed by atoms with E-state index in [2.05, 4.69) is 19.1 Å². The fourth-order valence-corrected chi connectivity index (χ4v) is 3.20. The van der Waals surface area contributed by atoms with Gasteiger partial charge in [-0.2, -0.15) is 0 Å². The molecule has 0 radical (unpaired) electrons. The lowest BCUT2D eigenvalue weighted by Crippen LogP contribution is -1.88. The van der Waals surface area contributed by atoms with Gasteiger partial charge in [-0.3, -0.25) is 4.57 Å². The van der Waals surface area contributed by atoms with Crippen molar-refractivity contribution in [3.05, 3.63) is 12.2 Å². The molecule has 0 bridgehead atoms. The Morgan fingerprint density at radius 1 is 0.682 bits per heavy atom. The summed E-state index contributed by atoms with van der Waals surface area (Å²) in [6.45, 7) is 2.26. The summed E-state index contributed by atoms with van der Waals surface area (Å²) in [5, 5.41) is 0. The molecular formula is C18H37O3P. The summed E-state index contributed by atoms with van der Waals surface area (Å²) in [6, 6.07) is 0. The lowest BCUT2D eigenvalue weighted by atomic mass is 10.1. The van der Waals surface area contributed by atoms with Crippen molar-refractivity contribution in [3.8, 4) is 0 Å². The molecule has 0 amide bonds. The van der Waals surface area contributed by atoms with Crippen molar-refractivity contribution in [1.29, 1.82) is 0 Å². The number of unbranched alkanes of at least 4 members (excludes halogenated alkanes) is 12. The summed E-state index contributed by atoms with van der Waals surface area (Å²) in [7, 11) is -3.76. The van der Waals surface area contributed by atoms with Gasteiger partial charge in [0.05, 0.1) is 0 Å². The van der Waals surface area contributed by atoms with Crippen LogP contribution in [0.1, 0.15) is 96.8 Å². The first kappa shape index (κ1) is 21.9. The van der Waals surface area contributed by atoms with E-state index in [1.54, 1.807) is 0 Å². The molecule has 2 N–H and O–H groups in total. The van der Waals surface area contributed by atoms with Gasteiger partial charge in [0.2, 0.25) is 0 Å². The second-order valence-electron chi connectivity index (χ2n) is 6.33. The number of hydrogen-bond donors (Lipinski definition) is 2. The second kappa shape index (κ2) is 15.8. The van der Waals surface area contributed by atoms with Crippen LogP contribution in [0.4, 0.5) is 0 Å². The van der Waals surface area contributed by atoms with Gasteiger partial charge in [0.1, 0.15) is 0 Å². The van der Waals surface area contributed by atoms with Crippen LogP contribution in [0.2, 0.25) is 0 Å². The van der Waals surface area contributed by atoms with Crippen molar-refractivity contribution >= 4 is 7.60 Å². The van der Waals surface area contributed by atoms with Crippen LogP contribution < -0.4 is 0 Å². The predicted octanol–water partition coefficient (Wildman–Crippen LogP) is 6.20. The molecule has 22 heavy (non-hydrogen) atoms. The standard InChI is InChI=1S/C18H37O3P/c1-2-3-4-5-6-7-8-9-10-11-12-13-14-15-16-17-18-22(19,20)21/h9-10H,2-8,11-18H2,1H3,(H2,19,20,21). The molecule has 3 nitrogen and oxygen atoms in total. The first-order valence-corrected chi connectivity index (χ1v) is 11.1. The average molecular weight is 332 g/mol. The molecule has 0 aliphatic carbocycles. The van der Waals surface area contributed by atoms with Gasteiger partial charge in [-0.05, 0) is 32.1 Å². The van der Waals surface area contributed by atoms with Gasteiger partial charge < -0.3 is 9.79 Å². The van der Waals surface area contributed by atoms with Gasteiger partial charge in [0, 0.05) is 6.16 Å². The Bertz CT molecular complexity index is 297. The largest absolute Gasteiger partial charge is 0.325 e. The maximum atomic E-state index is 10.7. The Labute approximate surface area is 137 Å². The molecule has 0 saturated carbocycles. The molecule has 0 aromatic carbocycles. The van der Waals surface area contributed by atoms with E-state index in [0.29, 0.717) is 6.42 Å². The van der Waals surface area contributed by atoms with Crippen LogP contribution in [0.5, 0.6) is 0 Å². The van der Waals surface area contributed by atoms with Crippen LogP contribution in [-0.2, 0) is 4.57 Å². The van der Waals surface area contributed by atoms with Gasteiger partial charge >= 0.3 is 7.60 Å². The van der Waals surface area contributed by atoms with E-state index in [1.165, 1.54) is 70.6 Å². The first-order valence-electron chi connectivity index (χ1n) is 9.26. The molecule has 0 aromatic heterocycles. The Kier molecular flexibility index (Phi) is 15.7. The van der Waals surface area contributed by atoms with Crippen LogP contribution in [-0.4, -0.2) is 15.9 Å². The Hall–Kier alpha value is -0.110. The zero-order valence-electron chi connectivity index (χ0n) is 14.5. The van der Waals surface area contributed by atoms with E-state index in [4.69, 9.17) is 9.79 Å². The van der Waals surface area contributed by atoms with Crippen LogP contribution in [0.25, 0.3) is 0 Å². The van der Waals surface area contributed by atoms with E-state index in [-0.39, 0.29) is 6.16 Å². The van der Waals surface area contributed by atoms with Crippen LogP contribution >= 0.6 is 7.60 Å². The lowest BCUT2D eigenvalue weighted by molar-refractivity contribution is 0.370. The normalized spacial score (nSPS) is 12.3. The van der Waals surface area contributed by atoms with Crippen LogP contribution in [0.15, 0.2) is 12.2 Å². The first-order chi connectivity index (χ1) is 10.6. The summed E-state index contributed by atoms with van der Waals surface area (Å²) in [5.41, 5.74) is 0.